The molecule has 0 radical (unpaired) electrons. The lowest BCUT2D eigenvalue weighted by atomic mass is 10.1. The fourth-order valence-electron chi connectivity index (χ4n) is 2.70. The number of non-ortho nitro benzene ring substituents is 1. The fourth-order valence-corrected chi connectivity index (χ4v) is 2.70. The Morgan fingerprint density at radius 3 is 2.59 bits per heavy atom. The van der Waals surface area contributed by atoms with E-state index in [2.05, 4.69) is 38.7 Å². The van der Waals surface area contributed by atoms with Crippen molar-refractivity contribution < 1.29 is 9.66 Å². The van der Waals surface area contributed by atoms with Gasteiger partial charge in [-0.05, 0) is 37.5 Å². The van der Waals surface area contributed by atoms with Crippen molar-refractivity contribution in [1.29, 1.82) is 0 Å². The lowest BCUT2D eigenvalue weighted by Crippen LogP contribution is -2.45. The number of hydrogen-bond donors (Lipinski definition) is 0. The minimum Gasteiger partial charge on any atom is -0.359 e. The minimum absolute atomic E-state index is 0.115. The van der Waals surface area contributed by atoms with Gasteiger partial charge in [0.1, 0.15) is 5.72 Å². The van der Waals surface area contributed by atoms with E-state index in [-0.39, 0.29) is 22.4 Å². The van der Waals surface area contributed by atoms with Gasteiger partial charge in [0.2, 0.25) is 0 Å². The first-order chi connectivity index (χ1) is 10.3. The summed E-state index contributed by atoms with van der Waals surface area (Å²) in [7, 11) is 0. The fraction of sp³-hybridized carbons (Fsp3) is 0.529. The molecular weight excluding hydrogens is 280 g/mol. The summed E-state index contributed by atoms with van der Waals surface area (Å²) in [5.41, 5.74) is 0.818. The first-order valence-corrected chi connectivity index (χ1v) is 7.63. The molecule has 2 rings (SSSR count). The van der Waals surface area contributed by atoms with Gasteiger partial charge < -0.3 is 4.74 Å². The summed E-state index contributed by atoms with van der Waals surface area (Å²) in [6, 6.07) is 6.82. The Morgan fingerprint density at radius 2 is 2.05 bits per heavy atom. The normalized spacial score (nSPS) is 21.8. The molecule has 0 unspecified atom stereocenters. The van der Waals surface area contributed by atoms with Gasteiger partial charge in [0.05, 0.1) is 17.6 Å². The lowest BCUT2D eigenvalue weighted by molar-refractivity contribution is -0.384. The highest BCUT2D eigenvalue weighted by molar-refractivity contribution is 5.52. The van der Waals surface area contributed by atoms with E-state index in [0.717, 1.165) is 12.1 Å². The molecule has 1 aromatic carbocycles. The Balaban J connectivity index is 2.09. The van der Waals surface area contributed by atoms with Crippen LogP contribution in [0.3, 0.4) is 0 Å². The zero-order valence-electron chi connectivity index (χ0n) is 13.7. The second-order valence-electron chi connectivity index (χ2n) is 6.58. The van der Waals surface area contributed by atoms with Crippen LogP contribution in [0, 0.1) is 16.0 Å². The lowest BCUT2D eigenvalue weighted by Gasteiger charge is -2.33. The van der Waals surface area contributed by atoms with Crippen LogP contribution in [0.25, 0.3) is 6.08 Å². The molecule has 0 spiro atoms. The van der Waals surface area contributed by atoms with E-state index >= 15 is 0 Å². The molecule has 0 saturated carbocycles. The Labute approximate surface area is 131 Å². The molecule has 1 atom stereocenters. The molecule has 5 heteroatoms. The van der Waals surface area contributed by atoms with Crippen LogP contribution in [0.15, 0.2) is 30.3 Å². The van der Waals surface area contributed by atoms with Crippen LogP contribution < -0.4 is 0 Å². The zero-order chi connectivity index (χ0) is 16.3. The van der Waals surface area contributed by atoms with E-state index in [0.29, 0.717) is 12.5 Å². The molecule has 1 saturated heterocycles. The van der Waals surface area contributed by atoms with Crippen LogP contribution >= 0.6 is 0 Å². The van der Waals surface area contributed by atoms with Crippen molar-refractivity contribution in [2.45, 2.75) is 39.5 Å². The molecule has 1 aliphatic heterocycles. The summed E-state index contributed by atoms with van der Waals surface area (Å²) in [6.45, 7) is 10.2. The molecule has 22 heavy (non-hydrogen) atoms. The summed E-state index contributed by atoms with van der Waals surface area (Å²) >= 11 is 0. The van der Waals surface area contributed by atoms with Crippen LogP contribution in [0.2, 0.25) is 0 Å². The highest BCUT2D eigenvalue weighted by atomic mass is 16.6. The summed E-state index contributed by atoms with van der Waals surface area (Å²) in [5.74, 6) is 0.566. The van der Waals surface area contributed by atoms with Crippen molar-refractivity contribution in [2.75, 3.05) is 13.2 Å². The number of nitro benzene ring substituents is 1. The van der Waals surface area contributed by atoms with Gasteiger partial charge in [0, 0.05) is 18.7 Å². The average Bonchev–Trinajstić information content (AvgIpc) is 2.72. The standard InChI is InChI=1S/C17H24N2O3/c1-13(2)11-18-16(12-22-17(18,3)4)10-7-14-5-8-15(9-6-14)19(20)21/h5-10,13,16H,11-12H2,1-4H3/b10-7+/t16-/m0/s1. The second kappa shape index (κ2) is 6.58. The van der Waals surface area contributed by atoms with Gasteiger partial charge >= 0.3 is 0 Å². The minimum atomic E-state index is -0.384. The Kier molecular flexibility index (Phi) is 4.98. The van der Waals surface area contributed by atoms with Crippen LogP contribution in [0.4, 0.5) is 5.69 Å². The highest BCUT2D eigenvalue weighted by Crippen LogP contribution is 2.29. The van der Waals surface area contributed by atoms with Gasteiger partial charge in [0.25, 0.3) is 5.69 Å². The van der Waals surface area contributed by atoms with E-state index in [9.17, 15) is 10.1 Å². The zero-order valence-corrected chi connectivity index (χ0v) is 13.7. The molecule has 0 aromatic heterocycles. The average molecular weight is 304 g/mol. The summed E-state index contributed by atoms with van der Waals surface area (Å²) in [5, 5.41) is 10.7. The van der Waals surface area contributed by atoms with E-state index < -0.39 is 0 Å². The van der Waals surface area contributed by atoms with Crippen LogP contribution in [0.1, 0.15) is 33.3 Å². The number of benzene rings is 1. The third-order valence-electron chi connectivity index (χ3n) is 3.88. The third-order valence-corrected chi connectivity index (χ3v) is 3.88. The summed E-state index contributed by atoms with van der Waals surface area (Å²) in [4.78, 5) is 12.6. The Morgan fingerprint density at radius 1 is 1.41 bits per heavy atom. The van der Waals surface area contributed by atoms with Gasteiger partial charge in [0.15, 0.2) is 0 Å². The highest BCUT2D eigenvalue weighted by Gasteiger charge is 2.39. The molecular formula is C17H24N2O3. The largest absolute Gasteiger partial charge is 0.359 e. The third kappa shape index (κ3) is 3.93. The first kappa shape index (κ1) is 16.6. The van der Waals surface area contributed by atoms with E-state index in [1.807, 2.05) is 6.08 Å². The second-order valence-corrected chi connectivity index (χ2v) is 6.58. The maximum Gasteiger partial charge on any atom is 0.269 e. The van der Waals surface area contributed by atoms with Crippen molar-refractivity contribution in [3.63, 3.8) is 0 Å². The molecule has 0 N–H and O–H groups in total. The summed E-state index contributed by atoms with van der Waals surface area (Å²) in [6.07, 6.45) is 4.13. The summed E-state index contributed by atoms with van der Waals surface area (Å²) < 4.78 is 5.89. The first-order valence-electron chi connectivity index (χ1n) is 7.63. The molecule has 0 bridgehead atoms. The molecule has 0 amide bonds. The quantitative estimate of drug-likeness (QED) is 0.615. The van der Waals surface area contributed by atoms with Crippen molar-refractivity contribution in [2.24, 2.45) is 5.92 Å². The number of rotatable bonds is 5. The molecule has 5 nitrogen and oxygen atoms in total. The maximum absolute atomic E-state index is 10.7. The molecule has 1 heterocycles. The predicted octanol–water partition coefficient (Wildman–Crippen LogP) is 3.70. The molecule has 0 aliphatic carbocycles. The van der Waals surface area contributed by atoms with Crippen molar-refractivity contribution >= 4 is 11.8 Å². The van der Waals surface area contributed by atoms with Gasteiger partial charge in [-0.3, -0.25) is 15.0 Å². The molecule has 120 valence electrons. The van der Waals surface area contributed by atoms with Crippen LogP contribution in [0.5, 0.6) is 0 Å². The molecule has 1 aliphatic rings. The predicted molar refractivity (Wildman–Crippen MR) is 87.5 cm³/mol. The Bertz CT molecular complexity index is 550. The van der Waals surface area contributed by atoms with Gasteiger partial charge in [-0.2, -0.15) is 0 Å². The van der Waals surface area contributed by atoms with Crippen molar-refractivity contribution in [3.8, 4) is 0 Å². The number of hydrogen-bond acceptors (Lipinski definition) is 4. The van der Waals surface area contributed by atoms with Crippen LogP contribution in [-0.4, -0.2) is 34.7 Å². The Hall–Kier alpha value is -1.72. The van der Waals surface area contributed by atoms with E-state index in [1.165, 1.54) is 12.1 Å². The SMILES string of the molecule is CC(C)CN1[C@@H](/C=C/c2ccc([N+](=O)[O-])cc2)COC1(C)C. The van der Waals surface area contributed by atoms with Crippen LogP contribution in [-0.2, 0) is 4.74 Å². The smallest absolute Gasteiger partial charge is 0.269 e. The monoisotopic (exact) mass is 304 g/mol. The van der Waals surface area contributed by atoms with E-state index in [4.69, 9.17) is 4.74 Å². The van der Waals surface area contributed by atoms with E-state index in [1.54, 1.807) is 12.1 Å². The number of nitrogens with zero attached hydrogens (tertiary/aromatic N) is 2. The number of ether oxygens (including phenoxy) is 1. The van der Waals surface area contributed by atoms with Crippen molar-refractivity contribution in [3.05, 3.63) is 46.0 Å². The topological polar surface area (TPSA) is 55.6 Å². The maximum atomic E-state index is 10.7. The molecule has 1 fully saturated rings. The molecule has 1 aromatic rings. The van der Waals surface area contributed by atoms with Gasteiger partial charge in [-0.1, -0.05) is 26.0 Å². The van der Waals surface area contributed by atoms with Gasteiger partial charge in [-0.25, -0.2) is 0 Å². The van der Waals surface area contributed by atoms with Gasteiger partial charge in [-0.15, -0.1) is 0 Å². The van der Waals surface area contributed by atoms with Crippen molar-refractivity contribution in [1.82, 2.24) is 4.90 Å². The number of nitro groups is 1.